The first kappa shape index (κ1) is 32.7. The van der Waals surface area contributed by atoms with Crippen molar-refractivity contribution in [2.45, 2.75) is 24.9 Å². The van der Waals surface area contributed by atoms with Crippen LogP contribution < -0.4 is 5.32 Å². The lowest BCUT2D eigenvalue weighted by atomic mass is 10.0. The standard InChI is InChI=1S/C17H19N3.C16H15ClN2.C7H6N2/c1-18-12-9-16(14-6-3-2-4-7-14)20-13-10-15-8-5-11-19-17(15)20;17-10-8-15(13-5-2-1-3-6-13)19-12-9-14-7-4-11-18-16(14)19;1-2-6-3-5-9-7(6)8-4-1/h2-8,10-11,13,16,18H,9,12H2,1H3;1-7,9,11-12,15H,8,10H2;1-5H,(H,8,9). The second kappa shape index (κ2) is 16.5. The molecule has 0 fully saturated rings. The fourth-order valence-corrected chi connectivity index (χ4v) is 6.23. The van der Waals surface area contributed by atoms with E-state index in [0.29, 0.717) is 11.9 Å². The van der Waals surface area contributed by atoms with Crippen LogP contribution >= 0.6 is 11.6 Å². The maximum absolute atomic E-state index is 5.98. The Hall–Kier alpha value is -5.24. The summed E-state index contributed by atoms with van der Waals surface area (Å²) >= 11 is 5.98. The molecule has 2 atom stereocenters. The Morgan fingerprint density at radius 2 is 1.12 bits per heavy atom. The van der Waals surface area contributed by atoms with Gasteiger partial charge in [-0.25, -0.2) is 15.0 Å². The Bertz CT molecular complexity index is 2090. The van der Waals surface area contributed by atoms with Gasteiger partial charge in [0.05, 0.1) is 12.1 Å². The monoisotopic (exact) mass is 653 g/mol. The zero-order chi connectivity index (χ0) is 33.0. The number of alkyl halides is 1. The van der Waals surface area contributed by atoms with E-state index in [-0.39, 0.29) is 6.04 Å². The molecule has 0 aliphatic heterocycles. The van der Waals surface area contributed by atoms with Gasteiger partial charge in [0.2, 0.25) is 0 Å². The number of nitrogens with one attached hydrogen (secondary N) is 2. The predicted octanol–water partition coefficient (Wildman–Crippen LogP) is 9.05. The molecular weight excluding hydrogens is 614 g/mol. The molecule has 242 valence electrons. The minimum atomic E-state index is 0.242. The number of halogens is 1. The Balaban J connectivity index is 0.000000134. The summed E-state index contributed by atoms with van der Waals surface area (Å²) in [7, 11) is 1.99. The number of aromatic nitrogens is 6. The molecule has 8 heteroatoms. The number of H-pyrrole nitrogens is 1. The molecule has 0 saturated heterocycles. The first-order chi connectivity index (χ1) is 23.8. The SMILES string of the molecule is CNCCC(c1ccccc1)n1ccc2cccnc21.ClCCC(c1ccccc1)n1ccc2cccnc21.c1cnc2[nH]ccc2c1. The van der Waals surface area contributed by atoms with E-state index in [4.69, 9.17) is 11.6 Å². The Kier molecular flexibility index (Phi) is 11.3. The number of nitrogens with zero attached hydrogens (tertiary/aromatic N) is 5. The normalized spacial score (nSPS) is 12.2. The summed E-state index contributed by atoms with van der Waals surface area (Å²) in [4.78, 5) is 16.1. The molecular formula is C40H40ClN7. The molecule has 0 aliphatic rings. The van der Waals surface area contributed by atoms with E-state index in [1.165, 1.54) is 16.5 Å². The third-order valence-electron chi connectivity index (χ3n) is 8.36. The number of fused-ring (bicyclic) bond motifs is 3. The van der Waals surface area contributed by atoms with Gasteiger partial charge < -0.3 is 19.4 Å². The van der Waals surface area contributed by atoms with Crippen molar-refractivity contribution in [2.75, 3.05) is 19.5 Å². The topological polar surface area (TPSA) is 76.3 Å². The Morgan fingerprint density at radius 1 is 0.604 bits per heavy atom. The van der Waals surface area contributed by atoms with Crippen molar-refractivity contribution in [2.24, 2.45) is 0 Å². The van der Waals surface area contributed by atoms with Crippen LogP contribution in [-0.4, -0.2) is 48.5 Å². The first-order valence-electron chi connectivity index (χ1n) is 16.3. The molecule has 0 saturated carbocycles. The summed E-state index contributed by atoms with van der Waals surface area (Å²) in [6.45, 7) is 0.978. The predicted molar refractivity (Wildman–Crippen MR) is 199 cm³/mol. The highest BCUT2D eigenvalue weighted by Gasteiger charge is 2.16. The van der Waals surface area contributed by atoms with Crippen LogP contribution in [0.25, 0.3) is 33.1 Å². The van der Waals surface area contributed by atoms with Crippen LogP contribution in [0.15, 0.2) is 152 Å². The Morgan fingerprint density at radius 3 is 1.65 bits per heavy atom. The van der Waals surface area contributed by atoms with Gasteiger partial charge in [-0.1, -0.05) is 60.7 Å². The average Bonchev–Trinajstić information content (AvgIpc) is 3.91. The molecule has 0 spiro atoms. The van der Waals surface area contributed by atoms with E-state index >= 15 is 0 Å². The molecule has 0 bridgehead atoms. The maximum Gasteiger partial charge on any atom is 0.140 e. The van der Waals surface area contributed by atoms with Crippen molar-refractivity contribution in [3.05, 3.63) is 164 Å². The molecule has 0 amide bonds. The lowest BCUT2D eigenvalue weighted by Crippen LogP contribution is -2.17. The molecule has 0 radical (unpaired) electrons. The largest absolute Gasteiger partial charge is 0.346 e. The third kappa shape index (κ3) is 7.82. The third-order valence-corrected chi connectivity index (χ3v) is 8.58. The molecule has 8 aromatic rings. The summed E-state index contributed by atoms with van der Waals surface area (Å²) < 4.78 is 4.50. The summed E-state index contributed by atoms with van der Waals surface area (Å²) in [5.74, 6) is 0.631. The fourth-order valence-electron chi connectivity index (χ4n) is 6.03. The number of pyridine rings is 3. The summed E-state index contributed by atoms with van der Waals surface area (Å²) in [5, 5.41) is 6.77. The van der Waals surface area contributed by atoms with Crippen molar-refractivity contribution in [3.63, 3.8) is 0 Å². The van der Waals surface area contributed by atoms with E-state index < -0.39 is 0 Å². The van der Waals surface area contributed by atoms with Gasteiger partial charge in [-0.05, 0) is 92.2 Å². The van der Waals surface area contributed by atoms with Crippen molar-refractivity contribution in [3.8, 4) is 0 Å². The lowest BCUT2D eigenvalue weighted by Gasteiger charge is -2.20. The van der Waals surface area contributed by atoms with Gasteiger partial charge in [0.15, 0.2) is 0 Å². The van der Waals surface area contributed by atoms with Crippen molar-refractivity contribution >= 4 is 44.7 Å². The van der Waals surface area contributed by atoms with E-state index in [9.17, 15) is 0 Å². The van der Waals surface area contributed by atoms with Crippen LogP contribution in [-0.2, 0) is 0 Å². The van der Waals surface area contributed by atoms with Gasteiger partial charge in [-0.15, -0.1) is 11.6 Å². The van der Waals surface area contributed by atoms with E-state index in [2.05, 4.69) is 126 Å². The van der Waals surface area contributed by atoms with Crippen LogP contribution in [0.1, 0.15) is 36.1 Å². The molecule has 48 heavy (non-hydrogen) atoms. The van der Waals surface area contributed by atoms with Gasteiger partial charge in [0, 0.05) is 59.2 Å². The number of hydrogen-bond donors (Lipinski definition) is 2. The average molecular weight is 654 g/mol. The van der Waals surface area contributed by atoms with Crippen molar-refractivity contribution in [1.82, 2.24) is 34.4 Å². The molecule has 2 aromatic carbocycles. The molecule has 0 aliphatic carbocycles. The minimum absolute atomic E-state index is 0.242. The highest BCUT2D eigenvalue weighted by Crippen LogP contribution is 2.28. The van der Waals surface area contributed by atoms with E-state index in [1.807, 2.05) is 62.0 Å². The van der Waals surface area contributed by atoms with E-state index in [1.54, 1.807) is 6.20 Å². The first-order valence-corrected chi connectivity index (χ1v) is 16.8. The summed E-state index contributed by atoms with van der Waals surface area (Å²) in [6, 6.07) is 40.0. The van der Waals surface area contributed by atoms with Crippen LogP contribution in [0.5, 0.6) is 0 Å². The molecule has 7 nitrogen and oxygen atoms in total. The van der Waals surface area contributed by atoms with Crippen LogP contribution in [0.4, 0.5) is 0 Å². The zero-order valence-corrected chi connectivity index (χ0v) is 27.8. The van der Waals surface area contributed by atoms with Gasteiger partial charge in [-0.2, -0.15) is 0 Å². The van der Waals surface area contributed by atoms with E-state index in [0.717, 1.165) is 47.1 Å². The second-order valence-electron chi connectivity index (χ2n) is 11.4. The molecule has 2 N–H and O–H groups in total. The zero-order valence-electron chi connectivity index (χ0n) is 27.0. The smallest absolute Gasteiger partial charge is 0.140 e. The van der Waals surface area contributed by atoms with Gasteiger partial charge in [0.25, 0.3) is 0 Å². The molecule has 6 aromatic heterocycles. The number of hydrogen-bond acceptors (Lipinski definition) is 4. The fraction of sp³-hybridized carbons (Fsp3) is 0.175. The summed E-state index contributed by atoms with van der Waals surface area (Å²) in [6.07, 6.45) is 13.5. The van der Waals surface area contributed by atoms with Crippen molar-refractivity contribution in [1.29, 1.82) is 0 Å². The van der Waals surface area contributed by atoms with Gasteiger partial charge in [-0.3, -0.25) is 0 Å². The molecule has 6 heterocycles. The van der Waals surface area contributed by atoms with Crippen LogP contribution in [0.2, 0.25) is 0 Å². The Labute approximate surface area is 286 Å². The summed E-state index contributed by atoms with van der Waals surface area (Å²) in [5.41, 5.74) is 5.62. The second-order valence-corrected chi connectivity index (χ2v) is 11.8. The molecule has 2 unspecified atom stereocenters. The quantitative estimate of drug-likeness (QED) is 0.152. The lowest BCUT2D eigenvalue weighted by molar-refractivity contribution is 0.537. The van der Waals surface area contributed by atoms with Crippen LogP contribution in [0.3, 0.4) is 0 Å². The molecule has 8 rings (SSSR count). The number of benzene rings is 2. The van der Waals surface area contributed by atoms with Gasteiger partial charge in [0.1, 0.15) is 16.9 Å². The number of aromatic amines is 1. The van der Waals surface area contributed by atoms with Crippen molar-refractivity contribution < 1.29 is 0 Å². The highest BCUT2D eigenvalue weighted by molar-refractivity contribution is 6.17. The minimum Gasteiger partial charge on any atom is -0.346 e. The van der Waals surface area contributed by atoms with Gasteiger partial charge >= 0.3 is 0 Å². The van der Waals surface area contributed by atoms with Crippen LogP contribution in [0, 0.1) is 0 Å². The highest BCUT2D eigenvalue weighted by atomic mass is 35.5. The number of rotatable bonds is 9. The maximum atomic E-state index is 5.98.